The molecule has 0 unspecified atom stereocenters. The van der Waals surface area contributed by atoms with Gasteiger partial charge in [0.1, 0.15) is 35.4 Å². The fraction of sp³-hybridized carbons (Fsp3) is 0.533. The second kappa shape index (κ2) is 11.0. The van der Waals surface area contributed by atoms with E-state index in [1.54, 1.807) is 19.9 Å². The van der Waals surface area contributed by atoms with Gasteiger partial charge in [-0.3, -0.25) is 9.59 Å². The molecular formula is C30H31F4NO8. The standard InChI is InChI=1S/C30H31F4NO8/c1-3-38-26(36)16-6-4-15(5-7-16)21-12-20(18-9-8-17(40-28(31)32)10-22(18)41-21)35-27(37)29(2)14-39-23-13-25-24(11-19(23)29)42-30(33,34)43-25/h8-11,13,15-16,20-21,28H,3-7,12,14H2,1-2H3,(H,35,37)/t15?,16?,20-,21-,29-/m0/s1. The fourth-order valence-corrected chi connectivity index (χ4v) is 6.40. The Morgan fingerprint density at radius 1 is 1.02 bits per heavy atom. The molecule has 13 heteroatoms. The molecule has 1 fully saturated rings. The van der Waals surface area contributed by atoms with Crippen LogP contribution in [0.15, 0.2) is 30.3 Å². The zero-order chi connectivity index (χ0) is 30.5. The van der Waals surface area contributed by atoms with E-state index in [1.807, 2.05) is 0 Å². The zero-order valence-corrected chi connectivity index (χ0v) is 23.5. The van der Waals surface area contributed by atoms with Crippen molar-refractivity contribution >= 4 is 11.9 Å². The van der Waals surface area contributed by atoms with E-state index in [-0.39, 0.29) is 53.5 Å². The average molecular weight is 610 g/mol. The predicted octanol–water partition coefficient (Wildman–Crippen LogP) is 5.64. The van der Waals surface area contributed by atoms with Gasteiger partial charge in [0.2, 0.25) is 5.91 Å². The molecule has 0 spiro atoms. The Kier molecular flexibility index (Phi) is 7.45. The number of nitrogens with one attached hydrogen (secondary N) is 1. The first-order chi connectivity index (χ1) is 20.5. The molecule has 0 radical (unpaired) electrons. The van der Waals surface area contributed by atoms with E-state index in [4.69, 9.17) is 14.2 Å². The summed E-state index contributed by atoms with van der Waals surface area (Å²) in [6.45, 7) is 0.648. The summed E-state index contributed by atoms with van der Waals surface area (Å²) in [7, 11) is 0. The van der Waals surface area contributed by atoms with Gasteiger partial charge in [-0.2, -0.15) is 8.78 Å². The van der Waals surface area contributed by atoms with Crippen molar-refractivity contribution in [3.63, 3.8) is 0 Å². The Morgan fingerprint density at radius 3 is 2.44 bits per heavy atom. The smallest absolute Gasteiger partial charge is 0.492 e. The zero-order valence-electron chi connectivity index (χ0n) is 23.5. The van der Waals surface area contributed by atoms with Crippen LogP contribution in [0.3, 0.4) is 0 Å². The van der Waals surface area contributed by atoms with Crippen LogP contribution >= 0.6 is 0 Å². The molecule has 1 saturated carbocycles. The van der Waals surface area contributed by atoms with Crippen LogP contribution < -0.4 is 29.0 Å². The monoisotopic (exact) mass is 609 g/mol. The van der Waals surface area contributed by atoms with Gasteiger partial charge in [-0.05, 0) is 63.6 Å². The number of alkyl halides is 4. The summed E-state index contributed by atoms with van der Waals surface area (Å²) in [4.78, 5) is 26.1. The first-order valence-corrected chi connectivity index (χ1v) is 14.3. The summed E-state index contributed by atoms with van der Waals surface area (Å²) in [6, 6.07) is 6.38. The summed E-state index contributed by atoms with van der Waals surface area (Å²) in [6.07, 6.45) is -1.17. The van der Waals surface area contributed by atoms with Crippen LogP contribution in [0.2, 0.25) is 0 Å². The molecule has 4 aliphatic rings. The maximum absolute atomic E-state index is 13.9. The van der Waals surface area contributed by atoms with Gasteiger partial charge in [-0.15, -0.1) is 8.78 Å². The first kappa shape index (κ1) is 29.2. The maximum Gasteiger partial charge on any atom is 0.586 e. The van der Waals surface area contributed by atoms with Crippen molar-refractivity contribution in [1.29, 1.82) is 0 Å². The van der Waals surface area contributed by atoms with Crippen LogP contribution in [0, 0.1) is 11.8 Å². The average Bonchev–Trinajstić information content (AvgIpc) is 3.45. The van der Waals surface area contributed by atoms with Crippen molar-refractivity contribution in [2.75, 3.05) is 13.2 Å². The Labute approximate surface area is 244 Å². The third-order valence-corrected chi connectivity index (χ3v) is 8.67. The normalized spacial score (nSPS) is 28.3. The van der Waals surface area contributed by atoms with Crippen LogP contribution in [0.5, 0.6) is 28.7 Å². The summed E-state index contributed by atoms with van der Waals surface area (Å²) < 4.78 is 84.1. The van der Waals surface area contributed by atoms with Gasteiger partial charge < -0.3 is 33.7 Å². The van der Waals surface area contributed by atoms with Crippen molar-refractivity contribution in [2.45, 2.75) is 76.4 Å². The molecule has 6 rings (SSSR count). The van der Waals surface area contributed by atoms with Crippen molar-refractivity contribution in [2.24, 2.45) is 11.8 Å². The van der Waals surface area contributed by atoms with Crippen molar-refractivity contribution < 1.29 is 55.6 Å². The van der Waals surface area contributed by atoms with Gasteiger partial charge in [-0.25, -0.2) is 0 Å². The third kappa shape index (κ3) is 5.61. The molecule has 3 heterocycles. The number of ether oxygens (including phenoxy) is 6. The lowest BCUT2D eigenvalue weighted by Crippen LogP contribution is -2.47. The SMILES string of the molecule is CCOC(=O)C1CCC([C@@H]2C[C@H](NC(=O)[C@@]3(C)COc4cc5c(cc43)OC(F)(F)O5)c3ccc(OC(F)F)cc3O2)CC1. The molecule has 0 aromatic heterocycles. The van der Waals surface area contributed by atoms with E-state index in [9.17, 15) is 27.2 Å². The van der Waals surface area contributed by atoms with E-state index in [0.717, 1.165) is 0 Å². The Morgan fingerprint density at radius 2 is 1.74 bits per heavy atom. The topological polar surface area (TPSA) is 102 Å². The molecule has 3 aliphatic heterocycles. The van der Waals surface area contributed by atoms with Crippen LogP contribution in [0.4, 0.5) is 17.6 Å². The third-order valence-electron chi connectivity index (χ3n) is 8.67. The minimum atomic E-state index is -3.82. The first-order valence-electron chi connectivity index (χ1n) is 14.3. The van der Waals surface area contributed by atoms with Gasteiger partial charge >= 0.3 is 18.9 Å². The number of carbonyl (C=O) groups is 2. The van der Waals surface area contributed by atoms with Gasteiger partial charge in [0.05, 0.1) is 18.6 Å². The second-order valence-electron chi connectivity index (χ2n) is 11.4. The molecule has 232 valence electrons. The Bertz CT molecular complexity index is 1410. The Balaban J connectivity index is 1.24. The lowest BCUT2D eigenvalue weighted by atomic mass is 9.76. The molecule has 2 aromatic carbocycles. The van der Waals surface area contributed by atoms with Gasteiger partial charge in [0.25, 0.3) is 0 Å². The second-order valence-corrected chi connectivity index (χ2v) is 11.4. The highest BCUT2D eigenvalue weighted by Gasteiger charge is 2.49. The molecular weight excluding hydrogens is 578 g/mol. The van der Waals surface area contributed by atoms with Crippen LogP contribution in [0.25, 0.3) is 0 Å². The Hall–Kier alpha value is -3.90. The highest BCUT2D eigenvalue weighted by Crippen LogP contribution is 2.50. The molecule has 43 heavy (non-hydrogen) atoms. The largest absolute Gasteiger partial charge is 0.586 e. The molecule has 1 aliphatic carbocycles. The van der Waals surface area contributed by atoms with Gasteiger partial charge in [0.15, 0.2) is 11.5 Å². The lowest BCUT2D eigenvalue weighted by molar-refractivity contribution is -0.286. The minimum Gasteiger partial charge on any atom is -0.492 e. The number of halogens is 4. The number of rotatable bonds is 7. The van der Waals surface area contributed by atoms with Gasteiger partial charge in [0, 0.05) is 29.7 Å². The van der Waals surface area contributed by atoms with E-state index in [2.05, 4.69) is 19.5 Å². The quantitative estimate of drug-likeness (QED) is 0.318. The molecule has 0 bridgehead atoms. The summed E-state index contributed by atoms with van der Waals surface area (Å²) >= 11 is 0. The molecule has 9 nitrogen and oxygen atoms in total. The number of hydrogen-bond donors (Lipinski definition) is 1. The van der Waals surface area contributed by atoms with E-state index in [0.29, 0.717) is 55.6 Å². The molecule has 1 amide bonds. The highest BCUT2D eigenvalue weighted by molar-refractivity contribution is 5.90. The predicted molar refractivity (Wildman–Crippen MR) is 141 cm³/mol. The van der Waals surface area contributed by atoms with Gasteiger partial charge in [-0.1, -0.05) is 0 Å². The number of fused-ring (bicyclic) bond motifs is 3. The fourth-order valence-electron chi connectivity index (χ4n) is 6.40. The van der Waals surface area contributed by atoms with Crippen molar-refractivity contribution in [3.8, 4) is 28.7 Å². The summed E-state index contributed by atoms with van der Waals surface area (Å²) in [5.74, 6) is -0.702. The molecule has 0 saturated heterocycles. The number of carbonyl (C=O) groups excluding carboxylic acids is 2. The van der Waals surface area contributed by atoms with Crippen LogP contribution in [0.1, 0.15) is 63.1 Å². The van der Waals surface area contributed by atoms with Crippen molar-refractivity contribution in [1.82, 2.24) is 5.32 Å². The van der Waals surface area contributed by atoms with Crippen LogP contribution in [-0.2, 0) is 19.7 Å². The minimum absolute atomic E-state index is 0.0467. The van der Waals surface area contributed by atoms with E-state index in [1.165, 1.54) is 24.3 Å². The highest BCUT2D eigenvalue weighted by atomic mass is 19.3. The summed E-state index contributed by atoms with van der Waals surface area (Å²) in [5.41, 5.74) is -0.304. The van der Waals surface area contributed by atoms with Crippen LogP contribution in [-0.4, -0.2) is 44.1 Å². The lowest BCUT2D eigenvalue weighted by Gasteiger charge is -2.40. The van der Waals surface area contributed by atoms with E-state index >= 15 is 0 Å². The number of esters is 1. The number of amides is 1. The number of benzene rings is 2. The number of hydrogen-bond acceptors (Lipinski definition) is 8. The van der Waals surface area contributed by atoms with Crippen molar-refractivity contribution in [3.05, 3.63) is 41.5 Å². The maximum atomic E-state index is 13.9. The van der Waals surface area contributed by atoms with E-state index < -0.39 is 30.3 Å². The molecule has 1 N–H and O–H groups in total. The molecule has 2 aromatic rings. The summed E-state index contributed by atoms with van der Waals surface area (Å²) in [5, 5.41) is 3.07. The molecule has 3 atom stereocenters.